The third kappa shape index (κ3) is 4.92. The van der Waals surface area contributed by atoms with Gasteiger partial charge in [0.05, 0.1) is 0 Å². The third-order valence-electron chi connectivity index (χ3n) is 4.10. The maximum absolute atomic E-state index is 4.07. The topological polar surface area (TPSA) is 28.2 Å². The number of rotatable bonds is 8. The van der Waals surface area contributed by atoms with Crippen molar-refractivity contribution in [3.05, 3.63) is 30.1 Å². The number of pyridine rings is 1. The Labute approximate surface area is 118 Å². The molecule has 108 valence electrons. The minimum Gasteiger partial charge on any atom is -0.309 e. The van der Waals surface area contributed by atoms with Gasteiger partial charge in [0.25, 0.3) is 0 Å². The van der Waals surface area contributed by atoms with Crippen LogP contribution in [0.4, 0.5) is 0 Å². The molecule has 0 fully saturated rings. The predicted molar refractivity (Wildman–Crippen MR) is 82.2 cm³/mol. The van der Waals surface area contributed by atoms with Crippen LogP contribution in [0.25, 0.3) is 0 Å². The number of nitrogens with one attached hydrogen (secondary N) is 1. The molecular formula is C16H29N3. The molecule has 0 aromatic carbocycles. The summed E-state index contributed by atoms with van der Waals surface area (Å²) in [6.07, 6.45) is 6.20. The number of hydrogen-bond acceptors (Lipinski definition) is 3. The zero-order chi connectivity index (χ0) is 14.3. The van der Waals surface area contributed by atoms with Gasteiger partial charge in [0, 0.05) is 31.0 Å². The molecule has 0 saturated carbocycles. The molecule has 19 heavy (non-hydrogen) atoms. The normalized spacial score (nSPS) is 14.9. The molecule has 0 spiro atoms. The summed E-state index contributed by atoms with van der Waals surface area (Å²) in [4.78, 5) is 6.42. The fourth-order valence-corrected chi connectivity index (χ4v) is 2.67. The largest absolute Gasteiger partial charge is 0.309 e. The van der Waals surface area contributed by atoms with Gasteiger partial charge in [-0.15, -0.1) is 0 Å². The molecule has 1 heterocycles. The molecule has 0 aliphatic rings. The average Bonchev–Trinajstić information content (AvgIpc) is 2.43. The molecule has 2 atom stereocenters. The Balaban J connectivity index is 2.57. The summed E-state index contributed by atoms with van der Waals surface area (Å²) in [6, 6.07) is 5.14. The molecule has 0 bridgehead atoms. The van der Waals surface area contributed by atoms with E-state index in [0.717, 1.165) is 12.5 Å². The average molecular weight is 263 g/mol. The first-order valence-electron chi connectivity index (χ1n) is 7.39. The highest BCUT2D eigenvalue weighted by atomic mass is 15.1. The highest BCUT2D eigenvalue weighted by molar-refractivity contribution is 5.13. The van der Waals surface area contributed by atoms with Crippen molar-refractivity contribution >= 4 is 0 Å². The van der Waals surface area contributed by atoms with Gasteiger partial charge in [0.15, 0.2) is 0 Å². The standard InChI is InChI=1S/C16H29N3/c1-6-14(7-2)16(19(4)5)12-18-13(3)15-8-10-17-11-9-15/h8-11,13-14,16,18H,6-7,12H2,1-5H3. The highest BCUT2D eigenvalue weighted by Gasteiger charge is 2.21. The van der Waals surface area contributed by atoms with Crippen LogP contribution in [0.15, 0.2) is 24.5 Å². The van der Waals surface area contributed by atoms with Crippen molar-refractivity contribution in [3.8, 4) is 0 Å². The Morgan fingerprint density at radius 3 is 2.21 bits per heavy atom. The lowest BCUT2D eigenvalue weighted by Gasteiger charge is -2.32. The second kappa shape index (κ2) is 8.28. The lowest BCUT2D eigenvalue weighted by atomic mass is 9.93. The van der Waals surface area contributed by atoms with Gasteiger partial charge in [0.2, 0.25) is 0 Å². The number of likely N-dealkylation sites (N-methyl/N-ethyl adjacent to an activating group) is 1. The van der Waals surface area contributed by atoms with Gasteiger partial charge in [-0.25, -0.2) is 0 Å². The van der Waals surface area contributed by atoms with Crippen molar-refractivity contribution in [1.82, 2.24) is 15.2 Å². The van der Waals surface area contributed by atoms with Crippen molar-refractivity contribution in [2.24, 2.45) is 5.92 Å². The van der Waals surface area contributed by atoms with Crippen LogP contribution in [0, 0.1) is 5.92 Å². The fraction of sp³-hybridized carbons (Fsp3) is 0.688. The third-order valence-corrected chi connectivity index (χ3v) is 4.10. The Morgan fingerprint density at radius 2 is 1.74 bits per heavy atom. The van der Waals surface area contributed by atoms with E-state index in [2.05, 4.69) is 62.2 Å². The smallest absolute Gasteiger partial charge is 0.0293 e. The van der Waals surface area contributed by atoms with Gasteiger partial charge in [-0.1, -0.05) is 26.7 Å². The maximum atomic E-state index is 4.07. The van der Waals surface area contributed by atoms with E-state index < -0.39 is 0 Å². The summed E-state index contributed by atoms with van der Waals surface area (Å²) in [7, 11) is 4.36. The van der Waals surface area contributed by atoms with Crippen LogP contribution in [-0.4, -0.2) is 36.6 Å². The Bertz CT molecular complexity index is 333. The van der Waals surface area contributed by atoms with Gasteiger partial charge in [-0.2, -0.15) is 0 Å². The first-order valence-corrected chi connectivity index (χ1v) is 7.39. The first-order chi connectivity index (χ1) is 9.10. The van der Waals surface area contributed by atoms with Gasteiger partial charge >= 0.3 is 0 Å². The zero-order valence-corrected chi connectivity index (χ0v) is 13.1. The lowest BCUT2D eigenvalue weighted by molar-refractivity contribution is 0.190. The molecule has 1 N–H and O–H groups in total. The molecule has 1 rings (SSSR count). The van der Waals surface area contributed by atoms with E-state index in [-0.39, 0.29) is 0 Å². The van der Waals surface area contributed by atoms with Crippen molar-refractivity contribution < 1.29 is 0 Å². The summed E-state index contributed by atoms with van der Waals surface area (Å²) in [5, 5.41) is 3.66. The molecule has 1 aromatic heterocycles. The maximum Gasteiger partial charge on any atom is 0.0293 e. The molecule has 2 unspecified atom stereocenters. The van der Waals surface area contributed by atoms with E-state index in [9.17, 15) is 0 Å². The van der Waals surface area contributed by atoms with Gasteiger partial charge in [-0.3, -0.25) is 4.98 Å². The van der Waals surface area contributed by atoms with E-state index in [1.807, 2.05) is 12.4 Å². The molecule has 3 nitrogen and oxygen atoms in total. The summed E-state index contributed by atoms with van der Waals surface area (Å²) >= 11 is 0. The van der Waals surface area contributed by atoms with Crippen molar-refractivity contribution in [2.75, 3.05) is 20.6 Å². The fourth-order valence-electron chi connectivity index (χ4n) is 2.67. The minimum atomic E-state index is 0.375. The van der Waals surface area contributed by atoms with E-state index >= 15 is 0 Å². The van der Waals surface area contributed by atoms with Crippen molar-refractivity contribution in [1.29, 1.82) is 0 Å². The summed E-state index contributed by atoms with van der Waals surface area (Å²) < 4.78 is 0. The minimum absolute atomic E-state index is 0.375. The molecule has 0 radical (unpaired) electrons. The number of hydrogen-bond donors (Lipinski definition) is 1. The van der Waals surface area contributed by atoms with E-state index in [1.54, 1.807) is 0 Å². The van der Waals surface area contributed by atoms with E-state index in [0.29, 0.717) is 12.1 Å². The van der Waals surface area contributed by atoms with Crippen LogP contribution in [0.3, 0.4) is 0 Å². The zero-order valence-electron chi connectivity index (χ0n) is 13.1. The monoisotopic (exact) mass is 263 g/mol. The molecule has 3 heteroatoms. The first kappa shape index (κ1) is 16.1. The van der Waals surface area contributed by atoms with Crippen LogP contribution in [0.5, 0.6) is 0 Å². The molecule has 0 aliphatic carbocycles. The summed E-state index contributed by atoms with van der Waals surface area (Å²) in [6.45, 7) is 7.83. The van der Waals surface area contributed by atoms with Crippen LogP contribution in [0.2, 0.25) is 0 Å². The molecular weight excluding hydrogens is 234 g/mol. The van der Waals surface area contributed by atoms with E-state index in [4.69, 9.17) is 0 Å². The second-order valence-corrected chi connectivity index (χ2v) is 5.52. The van der Waals surface area contributed by atoms with Crippen LogP contribution in [-0.2, 0) is 0 Å². The van der Waals surface area contributed by atoms with Gasteiger partial charge in [-0.05, 0) is 44.6 Å². The molecule has 0 saturated heterocycles. The highest BCUT2D eigenvalue weighted by Crippen LogP contribution is 2.18. The lowest BCUT2D eigenvalue weighted by Crippen LogP contribution is -2.43. The SMILES string of the molecule is CCC(CC)C(CNC(C)c1ccncc1)N(C)C. The Morgan fingerprint density at radius 1 is 1.16 bits per heavy atom. The quantitative estimate of drug-likeness (QED) is 0.781. The molecule has 0 amide bonds. The summed E-state index contributed by atoms with van der Waals surface area (Å²) in [5.74, 6) is 0.757. The van der Waals surface area contributed by atoms with Crippen molar-refractivity contribution in [3.63, 3.8) is 0 Å². The van der Waals surface area contributed by atoms with Crippen LogP contribution in [0.1, 0.15) is 45.2 Å². The number of nitrogens with zero attached hydrogens (tertiary/aromatic N) is 2. The second-order valence-electron chi connectivity index (χ2n) is 5.52. The van der Waals surface area contributed by atoms with E-state index in [1.165, 1.54) is 18.4 Å². The van der Waals surface area contributed by atoms with Crippen molar-refractivity contribution in [2.45, 2.75) is 45.7 Å². The van der Waals surface area contributed by atoms with Crippen LogP contribution >= 0.6 is 0 Å². The molecule has 1 aromatic rings. The Hall–Kier alpha value is -0.930. The number of aromatic nitrogens is 1. The van der Waals surface area contributed by atoms with Gasteiger partial charge < -0.3 is 10.2 Å². The van der Waals surface area contributed by atoms with Crippen LogP contribution < -0.4 is 5.32 Å². The van der Waals surface area contributed by atoms with Gasteiger partial charge in [0.1, 0.15) is 0 Å². The Kier molecular flexibility index (Phi) is 7.03. The summed E-state index contributed by atoms with van der Waals surface area (Å²) in [5.41, 5.74) is 1.30. The molecule has 0 aliphatic heterocycles. The predicted octanol–water partition coefficient (Wildman–Crippen LogP) is 3.10.